The van der Waals surface area contributed by atoms with Crippen LogP contribution in [0.3, 0.4) is 0 Å². The number of hydrogen-bond donors (Lipinski definition) is 1. The van der Waals surface area contributed by atoms with Crippen molar-refractivity contribution in [1.82, 2.24) is 15.1 Å². The van der Waals surface area contributed by atoms with E-state index in [1.165, 1.54) is 19.5 Å². The molecule has 1 saturated heterocycles. The van der Waals surface area contributed by atoms with Crippen molar-refractivity contribution in [3.8, 4) is 0 Å². The summed E-state index contributed by atoms with van der Waals surface area (Å²) in [5, 5.41) is 3.68. The molecule has 1 aliphatic heterocycles. The first-order chi connectivity index (χ1) is 6.89. The molecule has 0 amide bonds. The number of rotatable bonds is 3. The number of nitrogens with one attached hydrogen (secondary N) is 1. The molecular weight excluding hydrogens is 186 g/mol. The maximum absolute atomic E-state index is 3.68. The molecule has 1 fully saturated rings. The molecule has 0 aromatic rings. The first kappa shape index (κ1) is 12.9. The van der Waals surface area contributed by atoms with Gasteiger partial charge in [-0.2, -0.15) is 0 Å². The van der Waals surface area contributed by atoms with Gasteiger partial charge in [-0.15, -0.1) is 0 Å². The molecule has 15 heavy (non-hydrogen) atoms. The van der Waals surface area contributed by atoms with Gasteiger partial charge in [-0.05, 0) is 47.8 Å². The molecule has 0 aliphatic carbocycles. The average molecular weight is 213 g/mol. The van der Waals surface area contributed by atoms with E-state index >= 15 is 0 Å². The quantitative estimate of drug-likeness (QED) is 0.755. The molecule has 1 unspecified atom stereocenters. The Bertz CT molecular complexity index is 189. The van der Waals surface area contributed by atoms with E-state index in [1.54, 1.807) is 0 Å². The molecule has 3 nitrogen and oxygen atoms in total. The SMILES string of the molecule is CC1CCN(CCN(C)C)CC(C)(C)N1. The summed E-state index contributed by atoms with van der Waals surface area (Å²) in [6.07, 6.45) is 1.26. The van der Waals surface area contributed by atoms with Gasteiger partial charge in [0, 0.05) is 31.2 Å². The molecule has 1 rings (SSSR count). The monoisotopic (exact) mass is 213 g/mol. The summed E-state index contributed by atoms with van der Waals surface area (Å²) in [5.41, 5.74) is 0.252. The maximum atomic E-state index is 3.68. The second-order valence-corrected chi connectivity index (χ2v) is 5.80. The molecular formula is C12H27N3. The van der Waals surface area contributed by atoms with Gasteiger partial charge in [0.25, 0.3) is 0 Å². The summed E-state index contributed by atoms with van der Waals surface area (Å²) < 4.78 is 0. The van der Waals surface area contributed by atoms with Gasteiger partial charge in [-0.25, -0.2) is 0 Å². The van der Waals surface area contributed by atoms with Crippen LogP contribution in [-0.2, 0) is 0 Å². The van der Waals surface area contributed by atoms with Crippen LogP contribution in [-0.4, -0.2) is 61.7 Å². The number of nitrogens with zero attached hydrogens (tertiary/aromatic N) is 2. The molecule has 0 saturated carbocycles. The second-order valence-electron chi connectivity index (χ2n) is 5.80. The van der Waals surface area contributed by atoms with E-state index < -0.39 is 0 Å². The summed E-state index contributed by atoms with van der Waals surface area (Å²) >= 11 is 0. The van der Waals surface area contributed by atoms with Gasteiger partial charge in [0.1, 0.15) is 0 Å². The zero-order valence-electron chi connectivity index (χ0n) is 11.0. The Labute approximate surface area is 94.8 Å². The summed E-state index contributed by atoms with van der Waals surface area (Å²) in [7, 11) is 4.29. The molecule has 0 radical (unpaired) electrons. The van der Waals surface area contributed by atoms with Crippen molar-refractivity contribution in [2.75, 3.05) is 40.3 Å². The van der Waals surface area contributed by atoms with Crippen LogP contribution in [0.5, 0.6) is 0 Å². The average Bonchev–Trinajstić information content (AvgIpc) is 2.20. The lowest BCUT2D eigenvalue weighted by Crippen LogP contribution is -2.49. The minimum atomic E-state index is 0.252. The van der Waals surface area contributed by atoms with Crippen LogP contribution >= 0.6 is 0 Å². The third-order valence-corrected chi connectivity index (χ3v) is 3.00. The fraction of sp³-hybridized carbons (Fsp3) is 1.00. The zero-order valence-corrected chi connectivity index (χ0v) is 11.0. The van der Waals surface area contributed by atoms with Crippen molar-refractivity contribution in [3.05, 3.63) is 0 Å². The largest absolute Gasteiger partial charge is 0.308 e. The van der Waals surface area contributed by atoms with Crippen molar-refractivity contribution >= 4 is 0 Å². The predicted octanol–water partition coefficient (Wildman–Crippen LogP) is 1.01. The molecule has 1 atom stereocenters. The van der Waals surface area contributed by atoms with Crippen LogP contribution in [0.4, 0.5) is 0 Å². The molecule has 3 heteroatoms. The molecule has 90 valence electrons. The van der Waals surface area contributed by atoms with Gasteiger partial charge in [-0.3, -0.25) is 0 Å². The van der Waals surface area contributed by atoms with E-state index in [0.29, 0.717) is 6.04 Å². The van der Waals surface area contributed by atoms with Crippen LogP contribution in [0.2, 0.25) is 0 Å². The first-order valence-corrected chi connectivity index (χ1v) is 6.04. The lowest BCUT2D eigenvalue weighted by molar-refractivity contribution is 0.209. The smallest absolute Gasteiger partial charge is 0.0254 e. The van der Waals surface area contributed by atoms with E-state index in [9.17, 15) is 0 Å². The fourth-order valence-corrected chi connectivity index (χ4v) is 2.33. The molecule has 0 aromatic carbocycles. The van der Waals surface area contributed by atoms with Gasteiger partial charge < -0.3 is 15.1 Å². The molecule has 1 aliphatic rings. The Hall–Kier alpha value is -0.120. The number of likely N-dealkylation sites (N-methyl/N-ethyl adjacent to an activating group) is 1. The fourth-order valence-electron chi connectivity index (χ4n) is 2.33. The third kappa shape index (κ3) is 4.96. The summed E-state index contributed by atoms with van der Waals surface area (Å²) in [6.45, 7) is 11.6. The van der Waals surface area contributed by atoms with Gasteiger partial charge in [-0.1, -0.05) is 0 Å². The Kier molecular flexibility index (Phi) is 4.56. The molecule has 0 spiro atoms. The standard InChI is InChI=1S/C12H27N3/c1-11-6-7-15(9-8-14(4)5)10-12(2,3)13-11/h11,13H,6-10H2,1-5H3. The van der Waals surface area contributed by atoms with Gasteiger partial charge in [0.2, 0.25) is 0 Å². The Morgan fingerprint density at radius 2 is 2.07 bits per heavy atom. The summed E-state index contributed by atoms with van der Waals surface area (Å²) in [4.78, 5) is 4.84. The van der Waals surface area contributed by atoms with E-state index in [0.717, 1.165) is 13.1 Å². The lowest BCUT2D eigenvalue weighted by atomic mass is 10.0. The van der Waals surface area contributed by atoms with Crippen molar-refractivity contribution < 1.29 is 0 Å². The third-order valence-electron chi connectivity index (χ3n) is 3.00. The highest BCUT2D eigenvalue weighted by Crippen LogP contribution is 2.13. The van der Waals surface area contributed by atoms with Crippen LogP contribution in [0, 0.1) is 0 Å². The van der Waals surface area contributed by atoms with Gasteiger partial charge in [0.15, 0.2) is 0 Å². The first-order valence-electron chi connectivity index (χ1n) is 6.04. The maximum Gasteiger partial charge on any atom is 0.0254 e. The molecule has 0 bridgehead atoms. The normalized spacial score (nSPS) is 28.0. The lowest BCUT2D eigenvalue weighted by Gasteiger charge is -2.31. The molecule has 1 heterocycles. The van der Waals surface area contributed by atoms with Gasteiger partial charge >= 0.3 is 0 Å². The van der Waals surface area contributed by atoms with E-state index in [-0.39, 0.29) is 5.54 Å². The highest BCUT2D eigenvalue weighted by Gasteiger charge is 2.26. The highest BCUT2D eigenvalue weighted by molar-refractivity contribution is 4.88. The Morgan fingerprint density at radius 1 is 1.40 bits per heavy atom. The summed E-state index contributed by atoms with van der Waals surface area (Å²) in [6, 6.07) is 0.643. The van der Waals surface area contributed by atoms with Crippen molar-refractivity contribution in [3.63, 3.8) is 0 Å². The zero-order chi connectivity index (χ0) is 11.5. The van der Waals surface area contributed by atoms with E-state index in [2.05, 4.69) is 50.0 Å². The van der Waals surface area contributed by atoms with Crippen LogP contribution in [0.1, 0.15) is 27.2 Å². The Balaban J connectivity index is 2.44. The minimum Gasteiger partial charge on any atom is -0.308 e. The van der Waals surface area contributed by atoms with E-state index in [1.807, 2.05) is 0 Å². The van der Waals surface area contributed by atoms with Crippen molar-refractivity contribution in [2.24, 2.45) is 0 Å². The molecule has 1 N–H and O–H groups in total. The number of hydrogen-bond acceptors (Lipinski definition) is 3. The Morgan fingerprint density at radius 3 is 2.67 bits per heavy atom. The van der Waals surface area contributed by atoms with Crippen LogP contribution in [0.25, 0.3) is 0 Å². The van der Waals surface area contributed by atoms with Crippen LogP contribution < -0.4 is 5.32 Å². The highest BCUT2D eigenvalue weighted by atomic mass is 15.2. The van der Waals surface area contributed by atoms with Gasteiger partial charge in [0.05, 0.1) is 0 Å². The topological polar surface area (TPSA) is 18.5 Å². The van der Waals surface area contributed by atoms with E-state index in [4.69, 9.17) is 0 Å². The molecule has 0 aromatic heterocycles. The summed E-state index contributed by atoms with van der Waals surface area (Å²) in [5.74, 6) is 0. The van der Waals surface area contributed by atoms with Crippen molar-refractivity contribution in [1.29, 1.82) is 0 Å². The minimum absolute atomic E-state index is 0.252. The van der Waals surface area contributed by atoms with Crippen molar-refractivity contribution in [2.45, 2.75) is 38.8 Å². The predicted molar refractivity (Wildman–Crippen MR) is 66.3 cm³/mol. The van der Waals surface area contributed by atoms with Crippen LogP contribution in [0.15, 0.2) is 0 Å². The second kappa shape index (κ2) is 5.28.